The normalized spacial score (nSPS) is 23.7. The summed E-state index contributed by atoms with van der Waals surface area (Å²) in [6.07, 6.45) is 6.30. The zero-order chi connectivity index (χ0) is 23.6. The Morgan fingerprint density at radius 1 is 1.15 bits per heavy atom. The number of rotatable bonds is 7. The number of carbonyl (C=O) groups excluding carboxylic acids is 1. The highest BCUT2D eigenvalue weighted by atomic mass is 32.2. The van der Waals surface area contributed by atoms with Crippen molar-refractivity contribution in [3.8, 4) is 0 Å². The second-order valence-electron chi connectivity index (χ2n) is 9.43. The maximum atomic E-state index is 13.4. The number of benzene rings is 1. The molecule has 33 heavy (non-hydrogen) atoms. The summed E-state index contributed by atoms with van der Waals surface area (Å²) >= 11 is 0. The summed E-state index contributed by atoms with van der Waals surface area (Å²) < 4.78 is 50.3. The Balaban J connectivity index is 1.47. The molecule has 0 aromatic heterocycles. The molecule has 0 spiro atoms. The zero-order valence-electron chi connectivity index (χ0n) is 19.3. The Bertz CT molecular complexity index is 1080. The summed E-state index contributed by atoms with van der Waals surface area (Å²) in [6.45, 7) is 2.55. The summed E-state index contributed by atoms with van der Waals surface area (Å²) in [5.74, 6) is 0.262. The van der Waals surface area contributed by atoms with Crippen molar-refractivity contribution >= 4 is 31.5 Å². The van der Waals surface area contributed by atoms with Crippen LogP contribution in [0.1, 0.15) is 56.6 Å². The first kappa shape index (κ1) is 24.5. The van der Waals surface area contributed by atoms with Gasteiger partial charge in [0, 0.05) is 30.9 Å². The molecule has 1 N–H and O–H groups in total. The van der Waals surface area contributed by atoms with Gasteiger partial charge in [0.2, 0.25) is 15.9 Å². The predicted octanol–water partition coefficient (Wildman–Crippen LogP) is 2.15. The molecule has 0 bridgehead atoms. The van der Waals surface area contributed by atoms with Gasteiger partial charge in [0.25, 0.3) is 0 Å². The van der Waals surface area contributed by atoms with Crippen LogP contribution in [-0.2, 0) is 37.6 Å². The predicted molar refractivity (Wildman–Crippen MR) is 129 cm³/mol. The average Bonchev–Trinajstić information content (AvgIpc) is 3.17. The Labute approximate surface area is 197 Å². The standard InChI is InChI=1S/C23H35N3O5S2/c1-2-33(30,31)25-13-11-21-18(16-25)7-6-10-22(21)24-15-23(27)26(19-8-4-3-5-9-19)20-12-14-32(28,29)17-20/h6-7,10,19-20,24H,2-5,8-9,11-17H2,1H3. The third-order valence-corrected chi connectivity index (χ3v) is 10.9. The van der Waals surface area contributed by atoms with Crippen molar-refractivity contribution in [3.63, 3.8) is 0 Å². The molecule has 1 aromatic carbocycles. The maximum Gasteiger partial charge on any atom is 0.242 e. The van der Waals surface area contributed by atoms with Gasteiger partial charge >= 0.3 is 0 Å². The van der Waals surface area contributed by atoms with E-state index in [1.165, 1.54) is 10.7 Å². The van der Waals surface area contributed by atoms with Crippen LogP contribution in [0, 0.1) is 0 Å². The topological polar surface area (TPSA) is 104 Å². The van der Waals surface area contributed by atoms with Crippen molar-refractivity contribution in [1.82, 2.24) is 9.21 Å². The maximum absolute atomic E-state index is 13.4. The summed E-state index contributed by atoms with van der Waals surface area (Å²) in [7, 11) is -6.32. The molecule has 1 aliphatic carbocycles. The van der Waals surface area contributed by atoms with Gasteiger partial charge in [0.05, 0.1) is 23.8 Å². The van der Waals surface area contributed by atoms with E-state index in [1.807, 2.05) is 23.1 Å². The number of amides is 1. The fourth-order valence-corrected chi connectivity index (χ4v) is 8.27. The second kappa shape index (κ2) is 9.92. The molecule has 184 valence electrons. The van der Waals surface area contributed by atoms with Gasteiger partial charge in [-0.25, -0.2) is 16.8 Å². The van der Waals surface area contributed by atoms with Crippen molar-refractivity contribution in [3.05, 3.63) is 29.3 Å². The van der Waals surface area contributed by atoms with Crippen molar-refractivity contribution < 1.29 is 21.6 Å². The van der Waals surface area contributed by atoms with Crippen molar-refractivity contribution in [2.75, 3.05) is 35.7 Å². The Kier molecular flexibility index (Phi) is 7.35. The number of anilines is 1. The van der Waals surface area contributed by atoms with E-state index < -0.39 is 19.9 Å². The molecule has 1 unspecified atom stereocenters. The lowest BCUT2D eigenvalue weighted by molar-refractivity contribution is -0.134. The highest BCUT2D eigenvalue weighted by Crippen LogP contribution is 2.30. The Hall–Kier alpha value is -1.65. The van der Waals surface area contributed by atoms with Crippen LogP contribution in [0.4, 0.5) is 5.69 Å². The number of sulfone groups is 1. The van der Waals surface area contributed by atoms with E-state index in [0.717, 1.165) is 42.5 Å². The highest BCUT2D eigenvalue weighted by molar-refractivity contribution is 7.91. The quantitative estimate of drug-likeness (QED) is 0.619. The van der Waals surface area contributed by atoms with Crippen molar-refractivity contribution in [2.24, 2.45) is 0 Å². The smallest absolute Gasteiger partial charge is 0.242 e. The average molecular weight is 498 g/mol. The van der Waals surface area contributed by atoms with Gasteiger partial charge in [0.1, 0.15) is 0 Å². The van der Waals surface area contributed by atoms with E-state index in [-0.39, 0.29) is 41.8 Å². The lowest BCUT2D eigenvalue weighted by Crippen LogP contribution is -2.50. The molecular formula is C23H35N3O5S2. The minimum absolute atomic E-state index is 0.0485. The minimum Gasteiger partial charge on any atom is -0.376 e. The molecule has 0 radical (unpaired) electrons. The molecular weight excluding hydrogens is 462 g/mol. The third kappa shape index (κ3) is 5.54. The van der Waals surface area contributed by atoms with Crippen LogP contribution in [0.5, 0.6) is 0 Å². The van der Waals surface area contributed by atoms with Gasteiger partial charge in [-0.1, -0.05) is 31.4 Å². The first-order valence-electron chi connectivity index (χ1n) is 12.0. The Morgan fingerprint density at radius 2 is 1.91 bits per heavy atom. The number of carbonyl (C=O) groups is 1. The van der Waals surface area contributed by atoms with Crippen LogP contribution in [0.15, 0.2) is 18.2 Å². The van der Waals surface area contributed by atoms with Crippen LogP contribution in [-0.4, -0.2) is 74.4 Å². The van der Waals surface area contributed by atoms with Crippen LogP contribution < -0.4 is 5.32 Å². The molecule has 2 aliphatic heterocycles. The van der Waals surface area contributed by atoms with E-state index in [2.05, 4.69) is 5.32 Å². The van der Waals surface area contributed by atoms with Crippen LogP contribution in [0.3, 0.4) is 0 Å². The molecule has 10 heteroatoms. The SMILES string of the molecule is CCS(=O)(=O)N1CCc2c(cccc2NCC(=O)N(C2CCCCC2)C2CCS(=O)(=O)C2)C1. The molecule has 4 rings (SSSR count). The lowest BCUT2D eigenvalue weighted by atomic mass is 9.92. The zero-order valence-corrected chi connectivity index (χ0v) is 21.0. The fourth-order valence-electron chi connectivity index (χ4n) is 5.49. The van der Waals surface area contributed by atoms with Crippen molar-refractivity contribution in [2.45, 2.75) is 70.5 Å². The molecule has 2 fully saturated rings. The first-order valence-corrected chi connectivity index (χ1v) is 15.5. The second-order valence-corrected chi connectivity index (χ2v) is 13.9. The van der Waals surface area contributed by atoms with Crippen LogP contribution >= 0.6 is 0 Å². The van der Waals surface area contributed by atoms with E-state index in [1.54, 1.807) is 6.92 Å². The van der Waals surface area contributed by atoms with Gasteiger partial charge in [0.15, 0.2) is 9.84 Å². The van der Waals surface area contributed by atoms with E-state index >= 15 is 0 Å². The summed E-state index contributed by atoms with van der Waals surface area (Å²) in [6, 6.07) is 5.64. The third-order valence-electron chi connectivity index (χ3n) is 7.28. The van der Waals surface area contributed by atoms with Gasteiger partial charge < -0.3 is 10.2 Å². The fraction of sp³-hybridized carbons (Fsp3) is 0.696. The summed E-state index contributed by atoms with van der Waals surface area (Å²) in [5, 5.41) is 3.30. The van der Waals surface area contributed by atoms with Crippen molar-refractivity contribution in [1.29, 1.82) is 0 Å². The van der Waals surface area contributed by atoms with Gasteiger partial charge in [-0.05, 0) is 49.8 Å². The number of nitrogens with one attached hydrogen (secondary N) is 1. The number of fused-ring (bicyclic) bond motifs is 1. The van der Waals surface area contributed by atoms with Gasteiger partial charge in [-0.3, -0.25) is 4.79 Å². The molecule has 8 nitrogen and oxygen atoms in total. The van der Waals surface area contributed by atoms with Crippen LogP contribution in [0.2, 0.25) is 0 Å². The molecule has 1 amide bonds. The number of nitrogens with zero attached hydrogens (tertiary/aromatic N) is 2. The molecule has 2 heterocycles. The van der Waals surface area contributed by atoms with E-state index in [4.69, 9.17) is 0 Å². The number of hydrogen-bond acceptors (Lipinski definition) is 6. The van der Waals surface area contributed by atoms with E-state index in [0.29, 0.717) is 25.9 Å². The molecule has 1 saturated carbocycles. The largest absolute Gasteiger partial charge is 0.376 e. The minimum atomic E-state index is -3.24. The van der Waals surface area contributed by atoms with Gasteiger partial charge in [-0.15, -0.1) is 0 Å². The number of hydrogen-bond donors (Lipinski definition) is 1. The Morgan fingerprint density at radius 3 is 2.58 bits per heavy atom. The number of sulfonamides is 1. The summed E-state index contributed by atoms with van der Waals surface area (Å²) in [4.78, 5) is 15.3. The molecule has 3 aliphatic rings. The summed E-state index contributed by atoms with van der Waals surface area (Å²) in [5.41, 5.74) is 2.87. The first-order chi connectivity index (χ1) is 15.7. The van der Waals surface area contributed by atoms with Gasteiger partial charge in [-0.2, -0.15) is 4.31 Å². The molecule has 1 atom stereocenters. The van der Waals surface area contributed by atoms with Crippen LogP contribution in [0.25, 0.3) is 0 Å². The lowest BCUT2D eigenvalue weighted by Gasteiger charge is -2.38. The molecule has 1 saturated heterocycles. The molecule has 1 aromatic rings. The highest BCUT2D eigenvalue weighted by Gasteiger charge is 2.38. The van der Waals surface area contributed by atoms with E-state index in [9.17, 15) is 21.6 Å². The monoisotopic (exact) mass is 497 g/mol.